The van der Waals surface area contributed by atoms with Crippen LogP contribution in [0.2, 0.25) is 0 Å². The first kappa shape index (κ1) is 15.3. The Labute approximate surface area is 119 Å². The maximum Gasteiger partial charge on any atom is 0.0110 e. The van der Waals surface area contributed by atoms with Gasteiger partial charge >= 0.3 is 0 Å². The number of nitrogens with zero attached hydrogens (tertiary/aromatic N) is 3. The van der Waals surface area contributed by atoms with Gasteiger partial charge < -0.3 is 14.7 Å². The van der Waals surface area contributed by atoms with Crippen LogP contribution in [-0.2, 0) is 0 Å². The number of hydrogen-bond donors (Lipinski definition) is 0. The van der Waals surface area contributed by atoms with Gasteiger partial charge in [-0.1, -0.05) is 6.92 Å². The molecule has 2 aliphatic rings. The zero-order valence-corrected chi connectivity index (χ0v) is 13.3. The summed E-state index contributed by atoms with van der Waals surface area (Å²) in [4.78, 5) is 7.97. The Morgan fingerprint density at radius 1 is 0.895 bits per heavy atom. The van der Waals surface area contributed by atoms with E-state index in [0.29, 0.717) is 0 Å². The lowest BCUT2D eigenvalue weighted by atomic mass is 9.95. The van der Waals surface area contributed by atoms with Crippen LogP contribution in [0.3, 0.4) is 0 Å². The standard InChI is InChI=1S/C16H33N3/c1-4-7-17-10-12-18(13-11-17)14-16-5-8-19(9-6-16)15(2)3/h15-16H,4-14H2,1-3H3. The highest BCUT2D eigenvalue weighted by molar-refractivity contribution is 4.79. The van der Waals surface area contributed by atoms with Crippen molar-refractivity contribution in [1.29, 1.82) is 0 Å². The number of likely N-dealkylation sites (tertiary alicyclic amines) is 1. The highest BCUT2D eigenvalue weighted by Crippen LogP contribution is 2.20. The van der Waals surface area contributed by atoms with Crippen LogP contribution in [0, 0.1) is 5.92 Å². The second kappa shape index (κ2) is 7.61. The molecule has 2 fully saturated rings. The lowest BCUT2D eigenvalue weighted by molar-refractivity contribution is 0.0875. The normalized spacial score (nSPS) is 25.3. The minimum absolute atomic E-state index is 0.735. The molecule has 0 bridgehead atoms. The van der Waals surface area contributed by atoms with Gasteiger partial charge in [0.1, 0.15) is 0 Å². The fourth-order valence-electron chi connectivity index (χ4n) is 3.53. The molecule has 0 amide bonds. The fourth-order valence-corrected chi connectivity index (χ4v) is 3.53. The van der Waals surface area contributed by atoms with Gasteiger partial charge in [-0.15, -0.1) is 0 Å². The molecule has 0 atom stereocenters. The largest absolute Gasteiger partial charge is 0.301 e. The summed E-state index contributed by atoms with van der Waals surface area (Å²) in [5.41, 5.74) is 0. The zero-order chi connectivity index (χ0) is 13.7. The van der Waals surface area contributed by atoms with Crippen LogP contribution in [0.4, 0.5) is 0 Å². The summed E-state index contributed by atoms with van der Waals surface area (Å²) in [5.74, 6) is 0.952. The van der Waals surface area contributed by atoms with Crippen molar-refractivity contribution in [3.63, 3.8) is 0 Å². The second-order valence-corrected chi connectivity index (χ2v) is 6.72. The van der Waals surface area contributed by atoms with Crippen LogP contribution >= 0.6 is 0 Å². The number of rotatable bonds is 5. The van der Waals surface area contributed by atoms with Gasteiger partial charge in [-0.25, -0.2) is 0 Å². The summed E-state index contributed by atoms with van der Waals surface area (Å²) in [6.07, 6.45) is 4.12. The predicted octanol–water partition coefficient (Wildman–Crippen LogP) is 2.13. The molecule has 0 aliphatic carbocycles. The lowest BCUT2D eigenvalue weighted by Crippen LogP contribution is -2.49. The third-order valence-electron chi connectivity index (χ3n) is 4.90. The van der Waals surface area contributed by atoms with E-state index >= 15 is 0 Å². The van der Waals surface area contributed by atoms with Crippen molar-refractivity contribution in [2.75, 3.05) is 52.4 Å². The molecular weight excluding hydrogens is 234 g/mol. The van der Waals surface area contributed by atoms with Crippen molar-refractivity contribution in [1.82, 2.24) is 14.7 Å². The van der Waals surface area contributed by atoms with E-state index in [-0.39, 0.29) is 0 Å². The van der Waals surface area contributed by atoms with Gasteiger partial charge in [-0.2, -0.15) is 0 Å². The lowest BCUT2D eigenvalue weighted by Gasteiger charge is -2.39. The monoisotopic (exact) mass is 267 g/mol. The Bertz CT molecular complexity index is 238. The minimum Gasteiger partial charge on any atom is -0.301 e. The van der Waals surface area contributed by atoms with Crippen molar-refractivity contribution < 1.29 is 0 Å². The minimum atomic E-state index is 0.735. The molecule has 0 spiro atoms. The molecular formula is C16H33N3. The third-order valence-corrected chi connectivity index (χ3v) is 4.90. The Morgan fingerprint density at radius 3 is 2.00 bits per heavy atom. The maximum atomic E-state index is 2.71. The highest BCUT2D eigenvalue weighted by Gasteiger charge is 2.24. The summed E-state index contributed by atoms with van der Waals surface area (Å²) in [6.45, 7) is 17.4. The molecule has 2 aliphatic heterocycles. The summed E-state index contributed by atoms with van der Waals surface area (Å²) in [6, 6.07) is 0.735. The van der Waals surface area contributed by atoms with Crippen LogP contribution < -0.4 is 0 Å². The van der Waals surface area contributed by atoms with E-state index in [4.69, 9.17) is 0 Å². The van der Waals surface area contributed by atoms with Crippen LogP contribution in [0.25, 0.3) is 0 Å². The maximum absolute atomic E-state index is 2.71. The number of piperidine rings is 1. The van der Waals surface area contributed by atoms with Crippen molar-refractivity contribution in [3.8, 4) is 0 Å². The highest BCUT2D eigenvalue weighted by atomic mass is 15.3. The van der Waals surface area contributed by atoms with Crippen molar-refractivity contribution in [3.05, 3.63) is 0 Å². The molecule has 2 saturated heterocycles. The summed E-state index contributed by atoms with van der Waals surface area (Å²) >= 11 is 0. The summed E-state index contributed by atoms with van der Waals surface area (Å²) < 4.78 is 0. The molecule has 3 heteroatoms. The first-order valence-electron chi connectivity index (χ1n) is 8.37. The quantitative estimate of drug-likeness (QED) is 0.755. The topological polar surface area (TPSA) is 9.72 Å². The Morgan fingerprint density at radius 2 is 1.47 bits per heavy atom. The van der Waals surface area contributed by atoms with Crippen LogP contribution in [-0.4, -0.2) is 73.1 Å². The average Bonchev–Trinajstić information content (AvgIpc) is 2.42. The molecule has 0 aromatic carbocycles. The van der Waals surface area contributed by atoms with Gasteiger partial charge in [0.25, 0.3) is 0 Å². The molecule has 0 N–H and O–H groups in total. The molecule has 2 heterocycles. The van der Waals surface area contributed by atoms with E-state index in [1.165, 1.54) is 71.6 Å². The van der Waals surface area contributed by atoms with Crippen molar-refractivity contribution in [2.45, 2.75) is 46.1 Å². The van der Waals surface area contributed by atoms with Gasteiger partial charge in [-0.3, -0.25) is 0 Å². The van der Waals surface area contributed by atoms with E-state index in [2.05, 4.69) is 35.5 Å². The fraction of sp³-hybridized carbons (Fsp3) is 1.00. The molecule has 3 nitrogen and oxygen atoms in total. The number of hydrogen-bond acceptors (Lipinski definition) is 3. The van der Waals surface area contributed by atoms with E-state index < -0.39 is 0 Å². The van der Waals surface area contributed by atoms with Gasteiger partial charge in [0.05, 0.1) is 0 Å². The molecule has 0 aromatic heterocycles. The van der Waals surface area contributed by atoms with E-state index in [1.807, 2.05) is 0 Å². The van der Waals surface area contributed by atoms with Gasteiger partial charge in [-0.05, 0) is 58.7 Å². The van der Waals surface area contributed by atoms with Gasteiger partial charge in [0.15, 0.2) is 0 Å². The Balaban J connectivity index is 1.64. The molecule has 0 aromatic rings. The van der Waals surface area contributed by atoms with Crippen LogP contribution in [0.1, 0.15) is 40.0 Å². The summed E-state index contributed by atoms with van der Waals surface area (Å²) in [5, 5.41) is 0. The SMILES string of the molecule is CCCN1CCN(CC2CCN(C(C)C)CC2)CC1. The van der Waals surface area contributed by atoms with E-state index in [1.54, 1.807) is 0 Å². The zero-order valence-electron chi connectivity index (χ0n) is 13.3. The van der Waals surface area contributed by atoms with Crippen LogP contribution in [0.5, 0.6) is 0 Å². The Hall–Kier alpha value is -0.120. The van der Waals surface area contributed by atoms with Gasteiger partial charge in [0.2, 0.25) is 0 Å². The molecule has 0 radical (unpaired) electrons. The average molecular weight is 267 g/mol. The molecule has 112 valence electrons. The smallest absolute Gasteiger partial charge is 0.0110 e. The third kappa shape index (κ3) is 4.73. The van der Waals surface area contributed by atoms with Crippen LogP contribution in [0.15, 0.2) is 0 Å². The predicted molar refractivity (Wildman–Crippen MR) is 82.6 cm³/mol. The number of piperazine rings is 1. The first-order valence-corrected chi connectivity index (χ1v) is 8.37. The Kier molecular flexibility index (Phi) is 6.11. The van der Waals surface area contributed by atoms with E-state index in [9.17, 15) is 0 Å². The van der Waals surface area contributed by atoms with Gasteiger partial charge in [0, 0.05) is 38.8 Å². The molecule has 0 saturated carbocycles. The first-order chi connectivity index (χ1) is 9.19. The molecule has 19 heavy (non-hydrogen) atoms. The van der Waals surface area contributed by atoms with E-state index in [0.717, 1.165) is 12.0 Å². The summed E-state index contributed by atoms with van der Waals surface area (Å²) in [7, 11) is 0. The molecule has 0 unspecified atom stereocenters. The second-order valence-electron chi connectivity index (χ2n) is 6.72. The van der Waals surface area contributed by atoms with Crippen molar-refractivity contribution >= 4 is 0 Å². The van der Waals surface area contributed by atoms with Crippen molar-refractivity contribution in [2.24, 2.45) is 5.92 Å². The molecule has 2 rings (SSSR count).